The fourth-order valence-electron chi connectivity index (χ4n) is 3.10. The van der Waals surface area contributed by atoms with Crippen molar-refractivity contribution >= 4 is 33.6 Å². The van der Waals surface area contributed by atoms with Crippen molar-refractivity contribution in [3.8, 4) is 6.07 Å². The first-order valence-corrected chi connectivity index (χ1v) is 9.49. The zero-order valence-corrected chi connectivity index (χ0v) is 15.2. The zero-order chi connectivity index (χ0) is 16.6. The van der Waals surface area contributed by atoms with Gasteiger partial charge in [0.05, 0.1) is 10.4 Å². The summed E-state index contributed by atoms with van der Waals surface area (Å²) in [6.45, 7) is 6.84. The number of hydrogen-bond donors (Lipinski definition) is 1. The van der Waals surface area contributed by atoms with Crippen molar-refractivity contribution < 1.29 is 4.79 Å². The fraction of sp³-hybridized carbons (Fsp3) is 0.444. The third-order valence-corrected chi connectivity index (χ3v) is 6.61. The molecule has 23 heavy (non-hydrogen) atoms. The van der Waals surface area contributed by atoms with Crippen molar-refractivity contribution in [1.82, 2.24) is 0 Å². The number of anilines is 1. The number of thiophene rings is 2. The van der Waals surface area contributed by atoms with Gasteiger partial charge >= 0.3 is 0 Å². The maximum Gasteiger partial charge on any atom is 0.266 e. The van der Waals surface area contributed by atoms with E-state index in [1.165, 1.54) is 16.2 Å². The van der Waals surface area contributed by atoms with Gasteiger partial charge in [0.25, 0.3) is 5.91 Å². The maximum absolute atomic E-state index is 12.3. The number of carbonyl (C=O) groups is 1. The molecule has 1 amide bonds. The number of hydrogen-bond acceptors (Lipinski definition) is 4. The van der Waals surface area contributed by atoms with E-state index in [-0.39, 0.29) is 11.3 Å². The van der Waals surface area contributed by atoms with Gasteiger partial charge in [0.15, 0.2) is 0 Å². The summed E-state index contributed by atoms with van der Waals surface area (Å²) >= 11 is 2.99. The van der Waals surface area contributed by atoms with Crippen LogP contribution in [0.4, 0.5) is 5.00 Å². The Labute approximate surface area is 145 Å². The molecule has 0 spiro atoms. The summed E-state index contributed by atoms with van der Waals surface area (Å²) in [6.07, 6.45) is 3.05. The first kappa shape index (κ1) is 16.2. The number of nitriles is 1. The highest BCUT2D eigenvalue weighted by Crippen LogP contribution is 2.44. The lowest BCUT2D eigenvalue weighted by Gasteiger charge is -2.33. The van der Waals surface area contributed by atoms with Crippen LogP contribution in [-0.2, 0) is 12.8 Å². The van der Waals surface area contributed by atoms with Crippen molar-refractivity contribution in [1.29, 1.82) is 5.26 Å². The predicted octanol–water partition coefficient (Wildman–Crippen LogP) is 5.08. The molecule has 1 N–H and O–H groups in total. The standard InChI is InChI=1S/C18H20N2OS2/c1-18(2,3)11-6-7-12-13(10-19)17(23-15(12)9-11)20-16(21)14-5-4-8-22-14/h4-5,8,11H,6-7,9H2,1-3H3,(H,20,21)/t11-/m1/s1. The Balaban J connectivity index is 1.88. The van der Waals surface area contributed by atoms with E-state index >= 15 is 0 Å². The van der Waals surface area contributed by atoms with Gasteiger partial charge in [-0.25, -0.2) is 0 Å². The summed E-state index contributed by atoms with van der Waals surface area (Å²) in [5, 5.41) is 15.1. The van der Waals surface area contributed by atoms with Crippen LogP contribution in [0.1, 0.15) is 52.9 Å². The lowest BCUT2D eigenvalue weighted by Crippen LogP contribution is -2.26. The molecule has 1 aliphatic carbocycles. The molecular formula is C18H20N2OS2. The molecule has 0 saturated carbocycles. The average Bonchev–Trinajstić information content (AvgIpc) is 3.12. The summed E-state index contributed by atoms with van der Waals surface area (Å²) in [6, 6.07) is 5.97. The predicted molar refractivity (Wildman–Crippen MR) is 96.3 cm³/mol. The summed E-state index contributed by atoms with van der Waals surface area (Å²) in [5.74, 6) is 0.503. The average molecular weight is 345 g/mol. The normalized spacial score (nSPS) is 17.4. The summed E-state index contributed by atoms with van der Waals surface area (Å²) in [7, 11) is 0. The third-order valence-electron chi connectivity index (χ3n) is 4.57. The van der Waals surface area contributed by atoms with Gasteiger partial charge in [-0.1, -0.05) is 26.8 Å². The van der Waals surface area contributed by atoms with Gasteiger partial charge < -0.3 is 5.32 Å². The first-order chi connectivity index (χ1) is 10.9. The van der Waals surface area contributed by atoms with Gasteiger partial charge in [0, 0.05) is 4.88 Å². The molecule has 5 heteroatoms. The minimum absolute atomic E-state index is 0.123. The summed E-state index contributed by atoms with van der Waals surface area (Å²) < 4.78 is 0. The highest BCUT2D eigenvalue weighted by Gasteiger charge is 2.32. The second-order valence-corrected chi connectivity index (χ2v) is 9.11. The van der Waals surface area contributed by atoms with Crippen LogP contribution in [-0.4, -0.2) is 5.91 Å². The number of amides is 1. The van der Waals surface area contributed by atoms with E-state index in [1.807, 2.05) is 11.4 Å². The number of nitrogens with one attached hydrogen (secondary N) is 1. The van der Waals surface area contributed by atoms with Gasteiger partial charge in [0.2, 0.25) is 0 Å². The van der Waals surface area contributed by atoms with E-state index in [0.717, 1.165) is 24.8 Å². The van der Waals surface area contributed by atoms with Crippen LogP contribution in [0, 0.1) is 22.7 Å². The molecule has 0 bridgehead atoms. The van der Waals surface area contributed by atoms with E-state index in [2.05, 4.69) is 32.2 Å². The molecule has 3 nitrogen and oxygen atoms in total. The van der Waals surface area contributed by atoms with Crippen molar-refractivity contribution in [2.75, 3.05) is 5.32 Å². The largest absolute Gasteiger partial charge is 0.312 e. The Morgan fingerprint density at radius 1 is 1.43 bits per heavy atom. The van der Waals surface area contributed by atoms with E-state index in [0.29, 0.717) is 21.4 Å². The first-order valence-electron chi connectivity index (χ1n) is 7.79. The van der Waals surface area contributed by atoms with Crippen LogP contribution in [0.2, 0.25) is 0 Å². The Morgan fingerprint density at radius 3 is 2.83 bits per heavy atom. The van der Waals surface area contributed by atoms with Crippen LogP contribution in [0.15, 0.2) is 17.5 Å². The van der Waals surface area contributed by atoms with Crippen LogP contribution in [0.3, 0.4) is 0 Å². The molecule has 0 unspecified atom stereocenters. The highest BCUT2D eigenvalue weighted by atomic mass is 32.1. The van der Waals surface area contributed by atoms with Gasteiger partial charge in [-0.15, -0.1) is 22.7 Å². The lowest BCUT2D eigenvalue weighted by atomic mass is 9.72. The molecule has 0 saturated heterocycles. The topological polar surface area (TPSA) is 52.9 Å². The molecule has 1 atom stereocenters. The van der Waals surface area contributed by atoms with Gasteiger partial charge in [0.1, 0.15) is 11.1 Å². The maximum atomic E-state index is 12.3. The smallest absolute Gasteiger partial charge is 0.266 e. The molecule has 0 aliphatic heterocycles. The van der Waals surface area contributed by atoms with Crippen molar-refractivity contribution in [2.45, 2.75) is 40.0 Å². The molecule has 120 valence electrons. The van der Waals surface area contributed by atoms with Crippen LogP contribution in [0.5, 0.6) is 0 Å². The van der Waals surface area contributed by atoms with Crippen LogP contribution in [0.25, 0.3) is 0 Å². The van der Waals surface area contributed by atoms with Gasteiger partial charge in [-0.3, -0.25) is 4.79 Å². The zero-order valence-electron chi connectivity index (χ0n) is 13.6. The second-order valence-electron chi connectivity index (χ2n) is 7.06. The van der Waals surface area contributed by atoms with Gasteiger partial charge in [-0.2, -0.15) is 5.26 Å². The molecule has 0 radical (unpaired) electrons. The van der Waals surface area contributed by atoms with E-state index in [9.17, 15) is 10.1 Å². The molecule has 2 heterocycles. The molecule has 2 aromatic heterocycles. The molecule has 2 aromatic rings. The summed E-state index contributed by atoms with van der Waals surface area (Å²) in [5.41, 5.74) is 2.09. The number of rotatable bonds is 2. The number of carbonyl (C=O) groups excluding carboxylic acids is 1. The fourth-order valence-corrected chi connectivity index (χ4v) is 5.00. The van der Waals surface area contributed by atoms with E-state index < -0.39 is 0 Å². The molecule has 0 fully saturated rings. The number of fused-ring (bicyclic) bond motifs is 1. The van der Waals surface area contributed by atoms with Crippen LogP contribution >= 0.6 is 22.7 Å². The monoisotopic (exact) mass is 344 g/mol. The van der Waals surface area contributed by atoms with E-state index in [4.69, 9.17) is 0 Å². The Kier molecular flexibility index (Phi) is 4.31. The third kappa shape index (κ3) is 3.19. The van der Waals surface area contributed by atoms with Crippen molar-refractivity contribution in [3.05, 3.63) is 38.4 Å². The van der Waals surface area contributed by atoms with Gasteiger partial charge in [-0.05, 0) is 47.6 Å². The minimum Gasteiger partial charge on any atom is -0.312 e. The number of nitrogens with zero attached hydrogens (tertiary/aromatic N) is 1. The molecule has 1 aliphatic rings. The minimum atomic E-state index is -0.123. The summed E-state index contributed by atoms with van der Waals surface area (Å²) in [4.78, 5) is 14.2. The highest BCUT2D eigenvalue weighted by molar-refractivity contribution is 7.17. The quantitative estimate of drug-likeness (QED) is 0.825. The molecule has 3 rings (SSSR count). The Bertz CT molecular complexity index is 760. The molecular weight excluding hydrogens is 324 g/mol. The van der Waals surface area contributed by atoms with E-state index in [1.54, 1.807) is 17.4 Å². The lowest BCUT2D eigenvalue weighted by molar-refractivity contribution is 0.103. The molecule has 0 aromatic carbocycles. The Morgan fingerprint density at radius 2 is 2.22 bits per heavy atom. The SMILES string of the molecule is CC(C)(C)[C@@H]1CCc2c(sc(NC(=O)c3cccs3)c2C#N)C1. The van der Waals surface area contributed by atoms with Crippen LogP contribution < -0.4 is 5.32 Å². The van der Waals surface area contributed by atoms with Crippen molar-refractivity contribution in [3.63, 3.8) is 0 Å². The van der Waals surface area contributed by atoms with Crippen molar-refractivity contribution in [2.24, 2.45) is 11.3 Å². The second kappa shape index (κ2) is 6.10. The Hall–Kier alpha value is -1.64.